The molecule has 4 aromatic carbocycles. The molecule has 204 valence electrons. The molecule has 0 saturated heterocycles. The van der Waals surface area contributed by atoms with Crippen LogP contribution in [0.2, 0.25) is 0 Å². The first-order valence-electron chi connectivity index (χ1n) is 13.7. The Labute approximate surface area is 242 Å². The van der Waals surface area contributed by atoms with Crippen LogP contribution in [0.15, 0.2) is 88.7 Å². The van der Waals surface area contributed by atoms with Crippen LogP contribution in [0.5, 0.6) is 5.75 Å². The predicted molar refractivity (Wildman–Crippen MR) is 169 cm³/mol. The summed E-state index contributed by atoms with van der Waals surface area (Å²) in [4.78, 5) is 2.49. The van der Waals surface area contributed by atoms with Crippen LogP contribution in [0.3, 0.4) is 0 Å². The van der Waals surface area contributed by atoms with E-state index in [-0.39, 0.29) is 10.8 Å². The quantitative estimate of drug-likeness (QED) is 0.229. The molecule has 4 heteroatoms. The number of ether oxygens (including phenoxy) is 1. The van der Waals surface area contributed by atoms with Crippen molar-refractivity contribution < 1.29 is 9.84 Å². The van der Waals surface area contributed by atoms with Gasteiger partial charge in [-0.2, -0.15) is 0 Å². The predicted octanol–water partition coefficient (Wildman–Crippen LogP) is 9.95. The Hall–Kier alpha value is -2.40. The lowest BCUT2D eigenvalue weighted by Crippen LogP contribution is -2.44. The van der Waals surface area contributed by atoms with Crippen molar-refractivity contribution in [1.29, 1.82) is 0 Å². The average molecular weight is 557 g/mol. The van der Waals surface area contributed by atoms with E-state index in [9.17, 15) is 5.11 Å². The summed E-state index contributed by atoms with van der Waals surface area (Å²) >= 11 is 3.54. The van der Waals surface area contributed by atoms with Crippen LogP contribution in [0.1, 0.15) is 58.1 Å². The Morgan fingerprint density at radius 1 is 0.718 bits per heavy atom. The minimum Gasteiger partial charge on any atom is -0.488 e. The normalized spacial score (nSPS) is 17.7. The summed E-state index contributed by atoms with van der Waals surface area (Å²) in [5, 5.41) is 14.9. The number of aliphatic hydroxyl groups is 1. The lowest BCUT2D eigenvalue weighted by Gasteiger charge is -2.50. The van der Waals surface area contributed by atoms with E-state index in [1.165, 1.54) is 9.79 Å². The molecule has 0 amide bonds. The minimum absolute atomic E-state index is 0.0115. The largest absolute Gasteiger partial charge is 0.488 e. The Morgan fingerprint density at radius 3 is 1.82 bits per heavy atom. The highest BCUT2D eigenvalue weighted by Crippen LogP contribution is 2.57. The molecule has 0 aliphatic heterocycles. The first kappa shape index (κ1) is 28.1. The summed E-state index contributed by atoms with van der Waals surface area (Å²) < 4.78 is 6.62. The van der Waals surface area contributed by atoms with Gasteiger partial charge in [0.05, 0.1) is 5.60 Å². The Morgan fingerprint density at radius 2 is 1.26 bits per heavy atom. The van der Waals surface area contributed by atoms with E-state index in [1.54, 1.807) is 23.5 Å². The molecule has 5 rings (SSSR count). The second-order valence-corrected chi connectivity index (χ2v) is 14.3. The van der Waals surface area contributed by atoms with E-state index in [0.29, 0.717) is 19.4 Å². The maximum Gasteiger partial charge on any atom is 0.128 e. The zero-order valence-electron chi connectivity index (χ0n) is 24.0. The highest BCUT2D eigenvalue weighted by Gasteiger charge is 2.48. The third-order valence-electron chi connectivity index (χ3n) is 7.90. The van der Waals surface area contributed by atoms with Crippen LogP contribution in [0, 0.1) is 10.8 Å². The Bertz CT molecular complexity index is 1440. The Balaban J connectivity index is 1.82. The van der Waals surface area contributed by atoms with Gasteiger partial charge in [0, 0.05) is 15.2 Å². The van der Waals surface area contributed by atoms with E-state index >= 15 is 0 Å². The molecular formula is C35H40O2S2. The molecule has 0 spiro atoms. The molecule has 1 aliphatic rings. The summed E-state index contributed by atoms with van der Waals surface area (Å²) in [5.74, 6) is 0.834. The molecule has 1 aliphatic carbocycles. The lowest BCUT2D eigenvalue weighted by molar-refractivity contribution is -0.0909. The van der Waals surface area contributed by atoms with Crippen LogP contribution in [-0.2, 0) is 12.2 Å². The fraction of sp³-hybridized carbons (Fsp3) is 0.371. The molecule has 4 aromatic rings. The fourth-order valence-corrected chi connectivity index (χ4v) is 8.60. The molecule has 1 fully saturated rings. The van der Waals surface area contributed by atoms with Crippen LogP contribution >= 0.6 is 23.5 Å². The summed E-state index contributed by atoms with van der Waals surface area (Å²) in [5.41, 5.74) is 3.41. The molecule has 1 saturated carbocycles. The number of thioether (sulfide) groups is 2. The summed E-state index contributed by atoms with van der Waals surface area (Å²) in [6.07, 6.45) is 6.78. The van der Waals surface area contributed by atoms with Gasteiger partial charge < -0.3 is 9.84 Å². The van der Waals surface area contributed by atoms with E-state index in [1.807, 2.05) is 18.2 Å². The molecule has 39 heavy (non-hydrogen) atoms. The zero-order valence-corrected chi connectivity index (χ0v) is 25.6. The highest BCUT2D eigenvalue weighted by atomic mass is 32.2. The third-order valence-corrected chi connectivity index (χ3v) is 9.59. The van der Waals surface area contributed by atoms with Gasteiger partial charge in [-0.3, -0.25) is 0 Å². The van der Waals surface area contributed by atoms with Crippen molar-refractivity contribution in [2.75, 3.05) is 12.5 Å². The first-order valence-corrected chi connectivity index (χ1v) is 16.2. The van der Waals surface area contributed by atoms with Crippen molar-refractivity contribution in [2.24, 2.45) is 10.8 Å². The average Bonchev–Trinajstić information content (AvgIpc) is 2.89. The summed E-state index contributed by atoms with van der Waals surface area (Å²) in [6, 6.07) is 27.7. The summed E-state index contributed by atoms with van der Waals surface area (Å²) in [6.45, 7) is 9.67. The van der Waals surface area contributed by atoms with Crippen LogP contribution < -0.4 is 4.74 Å². The number of fused-ring (bicyclic) bond motifs is 1. The molecule has 1 N–H and O–H groups in total. The van der Waals surface area contributed by atoms with Crippen LogP contribution in [0.4, 0.5) is 0 Å². The van der Waals surface area contributed by atoms with Gasteiger partial charge in [-0.05, 0) is 88.4 Å². The third kappa shape index (κ3) is 5.89. The van der Waals surface area contributed by atoms with Crippen molar-refractivity contribution >= 4 is 34.3 Å². The second-order valence-electron chi connectivity index (χ2n) is 12.6. The smallest absolute Gasteiger partial charge is 0.128 e. The maximum absolute atomic E-state index is 12.7. The number of hydrogen-bond donors (Lipinski definition) is 1. The molecular weight excluding hydrogens is 517 g/mol. The van der Waals surface area contributed by atoms with Gasteiger partial charge in [-0.1, -0.05) is 88.4 Å². The van der Waals surface area contributed by atoms with Gasteiger partial charge >= 0.3 is 0 Å². The molecule has 0 atom stereocenters. The molecule has 0 radical (unpaired) electrons. The lowest BCUT2D eigenvalue weighted by atomic mass is 9.57. The van der Waals surface area contributed by atoms with Crippen molar-refractivity contribution in [3.8, 4) is 16.9 Å². The van der Waals surface area contributed by atoms with Crippen molar-refractivity contribution in [3.05, 3.63) is 90.0 Å². The van der Waals surface area contributed by atoms with E-state index in [4.69, 9.17) is 4.74 Å². The standard InChI is InChI=1S/C35H40O2S2/c1-33(2)21-34(3,4)23-35(36,22-33)28-19-29(37-20-24-13-9-7-10-14-24)26-17-30(38-5)31(39-6)18-27(26)32(28)25-15-11-8-12-16-25/h7-19,36H,20-23H2,1-6H3. The van der Waals surface area contributed by atoms with Gasteiger partial charge in [0.15, 0.2) is 0 Å². The van der Waals surface area contributed by atoms with Gasteiger partial charge in [0.1, 0.15) is 12.4 Å². The maximum atomic E-state index is 12.7. The molecule has 0 unspecified atom stereocenters. The SMILES string of the molecule is CSc1cc2c(OCc3ccccc3)cc(C3(O)CC(C)(C)CC(C)(C)C3)c(-c3ccccc3)c2cc1SC. The van der Waals surface area contributed by atoms with E-state index in [2.05, 4.69) is 101 Å². The minimum atomic E-state index is -0.979. The van der Waals surface area contributed by atoms with Gasteiger partial charge in [-0.15, -0.1) is 23.5 Å². The van der Waals surface area contributed by atoms with Gasteiger partial charge in [0.25, 0.3) is 0 Å². The first-order chi connectivity index (χ1) is 18.5. The van der Waals surface area contributed by atoms with Gasteiger partial charge in [0.2, 0.25) is 0 Å². The molecule has 0 bridgehead atoms. The van der Waals surface area contributed by atoms with Crippen molar-refractivity contribution in [3.63, 3.8) is 0 Å². The molecule has 2 nitrogen and oxygen atoms in total. The zero-order chi connectivity index (χ0) is 27.8. The number of rotatable bonds is 7. The monoisotopic (exact) mass is 556 g/mol. The molecule has 0 heterocycles. The number of hydrogen-bond acceptors (Lipinski definition) is 4. The second kappa shape index (κ2) is 10.9. The van der Waals surface area contributed by atoms with E-state index in [0.717, 1.165) is 45.2 Å². The summed E-state index contributed by atoms with van der Waals surface area (Å²) in [7, 11) is 0. The van der Waals surface area contributed by atoms with Gasteiger partial charge in [-0.25, -0.2) is 0 Å². The van der Waals surface area contributed by atoms with E-state index < -0.39 is 5.60 Å². The number of benzene rings is 4. The molecule has 0 aromatic heterocycles. The fourth-order valence-electron chi connectivity index (χ4n) is 7.11. The van der Waals surface area contributed by atoms with Crippen molar-refractivity contribution in [2.45, 2.75) is 69.0 Å². The Kier molecular flexibility index (Phi) is 7.85. The highest BCUT2D eigenvalue weighted by molar-refractivity contribution is 8.01. The van der Waals surface area contributed by atoms with Crippen LogP contribution in [0.25, 0.3) is 21.9 Å². The van der Waals surface area contributed by atoms with Crippen LogP contribution in [-0.4, -0.2) is 17.6 Å². The van der Waals surface area contributed by atoms with Crippen molar-refractivity contribution in [1.82, 2.24) is 0 Å². The topological polar surface area (TPSA) is 29.5 Å².